The zero-order chi connectivity index (χ0) is 32.0. The zero-order valence-electron chi connectivity index (χ0n) is 26.7. The number of para-hydroxylation sites is 1. The lowest BCUT2D eigenvalue weighted by atomic mass is 9.85. The van der Waals surface area contributed by atoms with Crippen molar-refractivity contribution < 1.29 is 4.42 Å². The van der Waals surface area contributed by atoms with Crippen LogP contribution in [0.4, 0.5) is 0 Å². The van der Waals surface area contributed by atoms with Gasteiger partial charge in [-0.25, -0.2) is 9.97 Å². The normalized spacial score (nSPS) is 11.7. The van der Waals surface area contributed by atoms with E-state index >= 15 is 0 Å². The SMILES string of the molecule is CC(C)(C)c1cccc(-c2cc(-c3ccc4oc5ccccc5c4c3)cc(-c3cc(-c4ccccc4)nc(-c4ccccc4)n3)c2)c1. The summed E-state index contributed by atoms with van der Waals surface area (Å²) in [5, 5.41) is 2.23. The van der Waals surface area contributed by atoms with Gasteiger partial charge in [0.15, 0.2) is 5.82 Å². The second-order valence-electron chi connectivity index (χ2n) is 13.1. The molecule has 0 fully saturated rings. The molecule has 226 valence electrons. The Morgan fingerprint density at radius 3 is 1.70 bits per heavy atom. The summed E-state index contributed by atoms with van der Waals surface area (Å²) in [7, 11) is 0. The average Bonchev–Trinajstić information content (AvgIpc) is 3.50. The summed E-state index contributed by atoms with van der Waals surface area (Å²) in [6, 6.07) is 53.1. The number of nitrogens with zero attached hydrogens (tertiary/aromatic N) is 2. The Kier molecular flexibility index (Phi) is 7.03. The van der Waals surface area contributed by atoms with Crippen LogP contribution in [-0.4, -0.2) is 9.97 Å². The van der Waals surface area contributed by atoms with Crippen molar-refractivity contribution in [1.29, 1.82) is 0 Å². The van der Waals surface area contributed by atoms with Gasteiger partial charge < -0.3 is 4.42 Å². The lowest BCUT2D eigenvalue weighted by Crippen LogP contribution is -2.10. The Balaban J connectivity index is 1.36. The molecule has 0 amide bonds. The Bertz CT molecular complexity index is 2320. The summed E-state index contributed by atoms with van der Waals surface area (Å²) in [5.74, 6) is 0.704. The van der Waals surface area contributed by atoms with E-state index in [1.54, 1.807) is 0 Å². The molecule has 6 aromatic carbocycles. The third-order valence-electron chi connectivity index (χ3n) is 8.83. The molecule has 0 aliphatic rings. The fourth-order valence-corrected chi connectivity index (χ4v) is 6.25. The van der Waals surface area contributed by atoms with Gasteiger partial charge in [0, 0.05) is 27.5 Å². The number of hydrogen-bond donors (Lipinski definition) is 0. The quantitative estimate of drug-likeness (QED) is 0.196. The molecule has 8 aromatic rings. The smallest absolute Gasteiger partial charge is 0.160 e. The third kappa shape index (κ3) is 5.62. The molecule has 0 radical (unpaired) electrons. The van der Waals surface area contributed by atoms with E-state index in [9.17, 15) is 0 Å². The molecule has 0 atom stereocenters. The van der Waals surface area contributed by atoms with Crippen LogP contribution in [0.25, 0.3) is 78.1 Å². The second kappa shape index (κ2) is 11.5. The van der Waals surface area contributed by atoms with Crippen molar-refractivity contribution in [3.8, 4) is 56.2 Å². The number of rotatable bonds is 5. The van der Waals surface area contributed by atoms with Crippen LogP contribution < -0.4 is 0 Å². The topological polar surface area (TPSA) is 38.9 Å². The van der Waals surface area contributed by atoms with Crippen molar-refractivity contribution in [2.45, 2.75) is 26.2 Å². The monoisotopic (exact) mass is 606 g/mol. The maximum absolute atomic E-state index is 6.17. The van der Waals surface area contributed by atoms with Crippen molar-refractivity contribution in [3.63, 3.8) is 0 Å². The van der Waals surface area contributed by atoms with Crippen LogP contribution in [0.3, 0.4) is 0 Å². The average molecular weight is 607 g/mol. The molecule has 0 spiro atoms. The summed E-state index contributed by atoms with van der Waals surface area (Å²) >= 11 is 0. The van der Waals surface area contributed by atoms with Crippen LogP contribution in [0.15, 0.2) is 156 Å². The van der Waals surface area contributed by atoms with Gasteiger partial charge in [0.25, 0.3) is 0 Å². The van der Waals surface area contributed by atoms with Gasteiger partial charge in [0.1, 0.15) is 11.2 Å². The maximum atomic E-state index is 6.17. The highest BCUT2D eigenvalue weighted by Gasteiger charge is 2.17. The lowest BCUT2D eigenvalue weighted by Gasteiger charge is -2.20. The number of aromatic nitrogens is 2. The molecule has 2 heterocycles. The molecule has 8 rings (SSSR count). The minimum Gasteiger partial charge on any atom is -0.456 e. The third-order valence-corrected chi connectivity index (χ3v) is 8.83. The fourth-order valence-electron chi connectivity index (χ4n) is 6.25. The van der Waals surface area contributed by atoms with E-state index in [1.807, 2.05) is 36.4 Å². The molecule has 3 heteroatoms. The van der Waals surface area contributed by atoms with Gasteiger partial charge in [0.2, 0.25) is 0 Å². The summed E-state index contributed by atoms with van der Waals surface area (Å²) in [5.41, 5.74) is 12.5. The highest BCUT2D eigenvalue weighted by molar-refractivity contribution is 6.06. The highest BCUT2D eigenvalue weighted by Crippen LogP contribution is 2.38. The van der Waals surface area contributed by atoms with Crippen LogP contribution >= 0.6 is 0 Å². The first-order valence-electron chi connectivity index (χ1n) is 16.1. The predicted octanol–water partition coefficient (Wildman–Crippen LogP) is 12.0. The predicted molar refractivity (Wildman–Crippen MR) is 195 cm³/mol. The van der Waals surface area contributed by atoms with Gasteiger partial charge in [-0.05, 0) is 75.7 Å². The van der Waals surface area contributed by atoms with Crippen molar-refractivity contribution in [3.05, 3.63) is 157 Å². The van der Waals surface area contributed by atoms with E-state index in [1.165, 1.54) is 11.1 Å². The molecule has 0 saturated carbocycles. The van der Waals surface area contributed by atoms with Gasteiger partial charge in [-0.2, -0.15) is 0 Å². The Morgan fingerprint density at radius 2 is 0.979 bits per heavy atom. The number of benzene rings is 6. The van der Waals surface area contributed by atoms with Crippen LogP contribution in [0.5, 0.6) is 0 Å². The summed E-state index contributed by atoms with van der Waals surface area (Å²) in [4.78, 5) is 10.2. The van der Waals surface area contributed by atoms with Gasteiger partial charge in [-0.1, -0.05) is 130 Å². The van der Waals surface area contributed by atoms with E-state index in [4.69, 9.17) is 14.4 Å². The summed E-state index contributed by atoms with van der Waals surface area (Å²) in [6.45, 7) is 6.78. The minimum atomic E-state index is 0.0334. The largest absolute Gasteiger partial charge is 0.456 e. The van der Waals surface area contributed by atoms with Crippen molar-refractivity contribution in [2.24, 2.45) is 0 Å². The summed E-state index contributed by atoms with van der Waals surface area (Å²) < 4.78 is 6.17. The fraction of sp³-hybridized carbons (Fsp3) is 0.0909. The Labute approximate surface area is 275 Å². The Hall–Kier alpha value is -5.80. The van der Waals surface area contributed by atoms with E-state index in [0.717, 1.165) is 66.7 Å². The van der Waals surface area contributed by atoms with Crippen LogP contribution in [0, 0.1) is 0 Å². The van der Waals surface area contributed by atoms with Gasteiger partial charge >= 0.3 is 0 Å². The van der Waals surface area contributed by atoms with E-state index < -0.39 is 0 Å². The first-order chi connectivity index (χ1) is 22.9. The zero-order valence-corrected chi connectivity index (χ0v) is 26.7. The number of fused-ring (bicyclic) bond motifs is 3. The molecule has 47 heavy (non-hydrogen) atoms. The molecule has 0 aliphatic heterocycles. The van der Waals surface area contributed by atoms with E-state index in [0.29, 0.717) is 5.82 Å². The maximum Gasteiger partial charge on any atom is 0.160 e. The molecule has 2 aromatic heterocycles. The van der Waals surface area contributed by atoms with Crippen molar-refractivity contribution in [1.82, 2.24) is 9.97 Å². The first kappa shape index (κ1) is 28.7. The highest BCUT2D eigenvalue weighted by atomic mass is 16.3. The second-order valence-corrected chi connectivity index (χ2v) is 13.1. The van der Waals surface area contributed by atoms with Gasteiger partial charge in [-0.3, -0.25) is 0 Å². The van der Waals surface area contributed by atoms with E-state index in [-0.39, 0.29) is 5.41 Å². The standard InChI is InChI=1S/C44H34N2O/c1-44(2,3)36-18-12-17-31(26-36)33-23-34(32-21-22-42-38(27-32)37-19-10-11-20-41(37)47-42)25-35(24-33)40-28-39(29-13-6-4-7-14-29)45-43(46-40)30-15-8-5-9-16-30/h4-28H,1-3H3. The molecular weight excluding hydrogens is 572 g/mol. The van der Waals surface area contributed by atoms with Crippen LogP contribution in [-0.2, 0) is 5.41 Å². The van der Waals surface area contributed by atoms with E-state index in [2.05, 4.69) is 136 Å². The molecule has 0 N–H and O–H groups in total. The van der Waals surface area contributed by atoms with Crippen LogP contribution in [0.2, 0.25) is 0 Å². The van der Waals surface area contributed by atoms with Gasteiger partial charge in [-0.15, -0.1) is 0 Å². The van der Waals surface area contributed by atoms with Crippen molar-refractivity contribution >= 4 is 21.9 Å². The molecule has 0 saturated heterocycles. The molecule has 0 unspecified atom stereocenters. The minimum absolute atomic E-state index is 0.0334. The number of furan rings is 1. The van der Waals surface area contributed by atoms with Crippen LogP contribution in [0.1, 0.15) is 26.3 Å². The molecule has 3 nitrogen and oxygen atoms in total. The first-order valence-corrected chi connectivity index (χ1v) is 16.1. The molecule has 0 aliphatic carbocycles. The molecule has 0 bridgehead atoms. The number of hydrogen-bond acceptors (Lipinski definition) is 3. The van der Waals surface area contributed by atoms with Gasteiger partial charge in [0.05, 0.1) is 11.4 Å². The molecular formula is C44H34N2O. The lowest BCUT2D eigenvalue weighted by molar-refractivity contribution is 0.590. The summed E-state index contributed by atoms with van der Waals surface area (Å²) in [6.07, 6.45) is 0. The Morgan fingerprint density at radius 1 is 0.404 bits per heavy atom. The van der Waals surface area contributed by atoms with Crippen molar-refractivity contribution in [2.75, 3.05) is 0 Å².